The molecule has 7 nitrogen and oxygen atoms in total. The third-order valence-electron chi connectivity index (χ3n) is 5.34. The molecule has 1 aliphatic rings. The number of amides is 1. The molecule has 2 aromatic carbocycles. The van der Waals surface area contributed by atoms with Gasteiger partial charge in [0.15, 0.2) is 11.5 Å². The van der Waals surface area contributed by atoms with E-state index >= 15 is 0 Å². The molecule has 1 heterocycles. The normalized spacial score (nSPS) is 17.8. The molecule has 1 N–H and O–H groups in total. The molecule has 0 radical (unpaired) electrons. The van der Waals surface area contributed by atoms with Crippen molar-refractivity contribution in [2.75, 3.05) is 34.5 Å². The standard InChI is InChI=1S/C24H27NO6/c1-15-6-8-16(9-7-15)22(26)20-21(17-10-11-18(30-3)19(14-17)31-4)25(12-5-13-29-2)24(28)23(20)27/h6-11,14,21,26H,5,12-13H2,1-4H3/b22-20+. The van der Waals surface area contributed by atoms with Crippen LogP contribution < -0.4 is 9.47 Å². The molecule has 0 bridgehead atoms. The predicted molar refractivity (Wildman–Crippen MR) is 116 cm³/mol. The number of hydrogen-bond acceptors (Lipinski definition) is 6. The van der Waals surface area contributed by atoms with E-state index < -0.39 is 17.7 Å². The zero-order valence-electron chi connectivity index (χ0n) is 18.2. The number of aryl methyl sites for hydroxylation is 1. The van der Waals surface area contributed by atoms with E-state index in [2.05, 4.69) is 0 Å². The highest BCUT2D eigenvalue weighted by Gasteiger charge is 2.46. The fourth-order valence-corrected chi connectivity index (χ4v) is 3.73. The smallest absolute Gasteiger partial charge is 0.295 e. The van der Waals surface area contributed by atoms with Crippen molar-refractivity contribution in [3.8, 4) is 11.5 Å². The van der Waals surface area contributed by atoms with Gasteiger partial charge in [-0.15, -0.1) is 0 Å². The third kappa shape index (κ3) is 4.41. The van der Waals surface area contributed by atoms with Crippen molar-refractivity contribution in [3.05, 3.63) is 64.7 Å². The van der Waals surface area contributed by atoms with E-state index in [9.17, 15) is 14.7 Å². The van der Waals surface area contributed by atoms with Gasteiger partial charge in [-0.1, -0.05) is 35.9 Å². The van der Waals surface area contributed by atoms with Gasteiger partial charge in [0.25, 0.3) is 11.7 Å². The number of benzene rings is 2. The zero-order chi connectivity index (χ0) is 22.5. The first kappa shape index (κ1) is 22.4. The summed E-state index contributed by atoms with van der Waals surface area (Å²) in [5.74, 6) is -0.564. The molecule has 0 spiro atoms. The molecule has 7 heteroatoms. The number of methoxy groups -OCH3 is 3. The van der Waals surface area contributed by atoms with Gasteiger partial charge in [0, 0.05) is 25.8 Å². The molecule has 1 amide bonds. The molecule has 2 aromatic rings. The van der Waals surface area contributed by atoms with Crippen LogP contribution in [0.15, 0.2) is 48.0 Å². The molecular formula is C24H27NO6. The number of hydrogen-bond donors (Lipinski definition) is 1. The second-order valence-corrected chi connectivity index (χ2v) is 7.32. The van der Waals surface area contributed by atoms with Gasteiger partial charge in [-0.05, 0) is 31.0 Å². The van der Waals surface area contributed by atoms with Gasteiger partial charge in [-0.2, -0.15) is 0 Å². The molecule has 3 rings (SSSR count). The fourth-order valence-electron chi connectivity index (χ4n) is 3.73. The van der Waals surface area contributed by atoms with Crippen LogP contribution in [0.1, 0.15) is 29.2 Å². The molecule has 164 valence electrons. The first-order chi connectivity index (χ1) is 14.9. The minimum Gasteiger partial charge on any atom is -0.507 e. The number of carbonyl (C=O) groups is 2. The Morgan fingerprint density at radius 1 is 1.00 bits per heavy atom. The van der Waals surface area contributed by atoms with Crippen LogP contribution in [0, 0.1) is 6.92 Å². The summed E-state index contributed by atoms with van der Waals surface area (Å²) >= 11 is 0. The van der Waals surface area contributed by atoms with E-state index in [1.165, 1.54) is 19.1 Å². The summed E-state index contributed by atoms with van der Waals surface area (Å²) in [5.41, 5.74) is 2.19. The lowest BCUT2D eigenvalue weighted by Crippen LogP contribution is -2.31. The van der Waals surface area contributed by atoms with Crippen LogP contribution in [-0.4, -0.2) is 56.2 Å². The Morgan fingerprint density at radius 2 is 1.68 bits per heavy atom. The van der Waals surface area contributed by atoms with Crippen LogP contribution in [0.4, 0.5) is 0 Å². The Labute approximate surface area is 181 Å². The number of aliphatic hydroxyl groups is 1. The van der Waals surface area contributed by atoms with Gasteiger partial charge in [0.05, 0.1) is 25.8 Å². The van der Waals surface area contributed by atoms with Crippen LogP contribution in [-0.2, 0) is 14.3 Å². The molecular weight excluding hydrogens is 398 g/mol. The third-order valence-corrected chi connectivity index (χ3v) is 5.34. The van der Waals surface area contributed by atoms with Crippen LogP contribution >= 0.6 is 0 Å². The fraction of sp³-hybridized carbons (Fsp3) is 0.333. The zero-order valence-corrected chi connectivity index (χ0v) is 18.2. The lowest BCUT2D eigenvalue weighted by molar-refractivity contribution is -0.140. The summed E-state index contributed by atoms with van der Waals surface area (Å²) in [6.45, 7) is 2.68. The van der Waals surface area contributed by atoms with Crippen LogP contribution in [0.5, 0.6) is 11.5 Å². The van der Waals surface area contributed by atoms with E-state index in [0.717, 1.165) is 5.56 Å². The average molecular weight is 425 g/mol. The van der Waals surface area contributed by atoms with E-state index in [4.69, 9.17) is 14.2 Å². The van der Waals surface area contributed by atoms with Gasteiger partial charge in [0.1, 0.15) is 5.76 Å². The molecule has 1 aliphatic heterocycles. The predicted octanol–water partition coefficient (Wildman–Crippen LogP) is 3.47. The Kier molecular flexibility index (Phi) is 6.97. The highest BCUT2D eigenvalue weighted by atomic mass is 16.5. The quantitative estimate of drug-likeness (QED) is 0.302. The Balaban J connectivity index is 2.15. The first-order valence-electron chi connectivity index (χ1n) is 9.99. The van der Waals surface area contributed by atoms with Crippen molar-refractivity contribution in [2.45, 2.75) is 19.4 Å². The second-order valence-electron chi connectivity index (χ2n) is 7.32. The summed E-state index contributed by atoms with van der Waals surface area (Å²) in [6.07, 6.45) is 0.553. The van der Waals surface area contributed by atoms with Gasteiger partial charge >= 0.3 is 0 Å². The van der Waals surface area contributed by atoms with Crippen molar-refractivity contribution in [1.82, 2.24) is 4.90 Å². The summed E-state index contributed by atoms with van der Waals surface area (Å²) in [7, 11) is 4.63. The minimum absolute atomic E-state index is 0.0542. The van der Waals surface area contributed by atoms with Gasteiger partial charge in [-0.3, -0.25) is 9.59 Å². The lowest BCUT2D eigenvalue weighted by atomic mass is 9.94. The maximum atomic E-state index is 13.0. The Hall–Kier alpha value is -3.32. The number of ether oxygens (including phenoxy) is 3. The van der Waals surface area contributed by atoms with Gasteiger partial charge in [0.2, 0.25) is 0 Å². The highest BCUT2D eigenvalue weighted by Crippen LogP contribution is 2.42. The van der Waals surface area contributed by atoms with E-state index in [-0.39, 0.29) is 11.3 Å². The maximum Gasteiger partial charge on any atom is 0.295 e. The van der Waals surface area contributed by atoms with Crippen LogP contribution in [0.2, 0.25) is 0 Å². The van der Waals surface area contributed by atoms with Crippen molar-refractivity contribution in [2.24, 2.45) is 0 Å². The summed E-state index contributed by atoms with van der Waals surface area (Å²) in [5, 5.41) is 11.0. The number of aliphatic hydroxyl groups excluding tert-OH is 1. The first-order valence-corrected chi connectivity index (χ1v) is 9.99. The molecule has 0 aliphatic carbocycles. The number of Topliss-reactive ketones (excluding diaryl/α,β-unsaturated/α-hetero) is 1. The van der Waals surface area contributed by atoms with Gasteiger partial charge < -0.3 is 24.2 Å². The highest BCUT2D eigenvalue weighted by molar-refractivity contribution is 6.46. The molecule has 0 aromatic heterocycles. The molecule has 1 unspecified atom stereocenters. The minimum atomic E-state index is -0.752. The van der Waals surface area contributed by atoms with E-state index in [1.807, 2.05) is 19.1 Å². The monoisotopic (exact) mass is 425 g/mol. The molecule has 31 heavy (non-hydrogen) atoms. The average Bonchev–Trinajstić information content (AvgIpc) is 3.03. The molecule has 1 atom stereocenters. The lowest BCUT2D eigenvalue weighted by Gasteiger charge is -2.26. The van der Waals surface area contributed by atoms with Gasteiger partial charge in [-0.25, -0.2) is 0 Å². The number of carbonyl (C=O) groups excluding carboxylic acids is 2. The van der Waals surface area contributed by atoms with E-state index in [0.29, 0.717) is 42.2 Å². The summed E-state index contributed by atoms with van der Waals surface area (Å²) in [4.78, 5) is 27.4. The number of ketones is 1. The van der Waals surface area contributed by atoms with Crippen LogP contribution in [0.25, 0.3) is 5.76 Å². The maximum absolute atomic E-state index is 13.0. The van der Waals surface area contributed by atoms with Crippen molar-refractivity contribution >= 4 is 17.4 Å². The number of rotatable bonds is 8. The van der Waals surface area contributed by atoms with Crippen molar-refractivity contribution < 1.29 is 28.9 Å². The van der Waals surface area contributed by atoms with Crippen molar-refractivity contribution in [1.29, 1.82) is 0 Å². The topological polar surface area (TPSA) is 85.3 Å². The molecule has 1 fully saturated rings. The Bertz CT molecular complexity index is 996. The SMILES string of the molecule is COCCCN1C(=O)C(=O)/C(=C(/O)c2ccc(C)cc2)C1c1ccc(OC)c(OC)c1. The number of nitrogens with zero attached hydrogens (tertiary/aromatic N) is 1. The molecule has 1 saturated heterocycles. The van der Waals surface area contributed by atoms with Crippen molar-refractivity contribution in [3.63, 3.8) is 0 Å². The summed E-state index contributed by atoms with van der Waals surface area (Å²) in [6, 6.07) is 11.6. The number of likely N-dealkylation sites (tertiary alicyclic amines) is 1. The van der Waals surface area contributed by atoms with Crippen LogP contribution in [0.3, 0.4) is 0 Å². The molecule has 0 saturated carbocycles. The second kappa shape index (κ2) is 9.66. The van der Waals surface area contributed by atoms with E-state index in [1.54, 1.807) is 37.4 Å². The largest absolute Gasteiger partial charge is 0.507 e. The summed E-state index contributed by atoms with van der Waals surface area (Å²) < 4.78 is 15.8. The Morgan fingerprint density at radius 3 is 2.29 bits per heavy atom.